The topological polar surface area (TPSA) is 0 Å². The zero-order chi connectivity index (χ0) is 8.20. The van der Waals surface area contributed by atoms with Crippen molar-refractivity contribution in [1.29, 1.82) is 0 Å². The maximum atomic E-state index is 12.1. The van der Waals surface area contributed by atoms with Crippen molar-refractivity contribution in [3.05, 3.63) is 0 Å². The minimum Gasteiger partial charge on any atom is -0.255 e. The first-order valence-electron chi connectivity index (χ1n) is 3.26. The van der Waals surface area contributed by atoms with Crippen LogP contribution in [-0.2, 0) is 0 Å². The average molecular weight is 170 g/mol. The largest absolute Gasteiger partial charge is 0.255 e. The summed E-state index contributed by atoms with van der Waals surface area (Å²) < 4.78 is 36.1. The third-order valence-electron chi connectivity index (χ3n) is 1.82. The molecule has 0 bridgehead atoms. The molecular weight excluding hydrogens is 157 g/mol. The third kappa shape index (κ3) is 2.32. The molecule has 0 spiro atoms. The van der Waals surface area contributed by atoms with Crippen LogP contribution in [-0.4, -0.2) is 27.7 Å². The van der Waals surface area contributed by atoms with Gasteiger partial charge in [-0.05, 0) is 0 Å². The van der Waals surface area contributed by atoms with E-state index >= 15 is 0 Å². The molecule has 0 aliphatic rings. The molecule has 62 valence electrons. The molecule has 0 radical (unpaired) electrons. The Hall–Kier alpha value is 0.00688. The highest BCUT2D eigenvalue weighted by molar-refractivity contribution is 6.78. The van der Waals surface area contributed by atoms with Gasteiger partial charge in [-0.25, -0.2) is 0 Å². The van der Waals surface area contributed by atoms with Gasteiger partial charge in [-0.1, -0.05) is 13.1 Å². The van der Waals surface area contributed by atoms with E-state index in [1.165, 1.54) is 0 Å². The molecule has 0 saturated carbocycles. The summed E-state index contributed by atoms with van der Waals surface area (Å²) in [6.07, 6.45) is -0.536. The number of rotatable bonds is 4. The van der Waals surface area contributed by atoms with Crippen LogP contribution in [0.4, 0.5) is 13.2 Å². The molecule has 0 heterocycles. The first kappa shape index (κ1) is 10.0. The second kappa shape index (κ2) is 4.01. The maximum absolute atomic E-state index is 12.1. The van der Waals surface area contributed by atoms with E-state index in [-0.39, 0.29) is 0 Å². The lowest BCUT2D eigenvalue weighted by Gasteiger charge is -2.24. The van der Waals surface area contributed by atoms with E-state index in [0.717, 1.165) is 0 Å². The van der Waals surface area contributed by atoms with Crippen molar-refractivity contribution < 1.29 is 13.2 Å². The van der Waals surface area contributed by atoms with Crippen LogP contribution in [0.15, 0.2) is 0 Å². The van der Waals surface area contributed by atoms with E-state index < -0.39 is 33.3 Å². The summed E-state index contributed by atoms with van der Waals surface area (Å²) in [6, 6.07) is 0. The maximum Gasteiger partial charge on any atom is 0.0930 e. The van der Waals surface area contributed by atoms with Crippen LogP contribution in [0.5, 0.6) is 0 Å². The van der Waals surface area contributed by atoms with E-state index in [1.807, 2.05) is 0 Å². The highest BCUT2D eigenvalue weighted by Gasteiger charge is 2.31. The molecule has 0 fully saturated rings. The van der Waals surface area contributed by atoms with E-state index in [0.29, 0.717) is 0 Å². The highest BCUT2D eigenvalue weighted by Crippen LogP contribution is 2.23. The van der Waals surface area contributed by atoms with Crippen LogP contribution in [0, 0.1) is 0 Å². The first-order chi connectivity index (χ1) is 4.58. The smallest absolute Gasteiger partial charge is 0.0930 e. The SMILES string of the molecule is C[Si](C)(CF)C(CF)CF. The molecule has 0 aromatic carbocycles. The number of halogens is 3. The zero-order valence-corrected chi connectivity index (χ0v) is 7.33. The number of hydrogen-bond donors (Lipinski definition) is 0. The highest BCUT2D eigenvalue weighted by atomic mass is 28.3. The molecule has 0 saturated heterocycles. The van der Waals surface area contributed by atoms with Gasteiger partial charge in [0.25, 0.3) is 0 Å². The summed E-state index contributed by atoms with van der Waals surface area (Å²) in [5.74, 6) is 0. The number of hydrogen-bond acceptors (Lipinski definition) is 0. The molecule has 0 aromatic heterocycles. The van der Waals surface area contributed by atoms with Crippen LogP contribution in [0.1, 0.15) is 0 Å². The van der Waals surface area contributed by atoms with Crippen molar-refractivity contribution >= 4 is 8.07 Å². The molecule has 0 aliphatic heterocycles. The van der Waals surface area contributed by atoms with Crippen LogP contribution in [0.3, 0.4) is 0 Å². The summed E-state index contributed by atoms with van der Waals surface area (Å²) in [6.45, 7) is 1.88. The van der Waals surface area contributed by atoms with Gasteiger partial charge in [0.15, 0.2) is 0 Å². The Bertz CT molecular complexity index is 91.0. The van der Waals surface area contributed by atoms with Crippen LogP contribution in [0.2, 0.25) is 18.6 Å². The summed E-state index contributed by atoms with van der Waals surface area (Å²) in [5.41, 5.74) is -0.655. The van der Waals surface area contributed by atoms with Crippen molar-refractivity contribution in [1.82, 2.24) is 0 Å². The molecule has 0 nitrogen and oxygen atoms in total. The quantitative estimate of drug-likeness (QED) is 0.569. The standard InChI is InChI=1S/C6H13F3Si/c1-10(2,5-9)6(3-7)4-8/h6H,3-5H2,1-2H3. The van der Waals surface area contributed by atoms with Gasteiger partial charge in [-0.15, -0.1) is 0 Å². The normalized spacial score (nSPS) is 12.6. The Morgan fingerprint density at radius 3 is 1.60 bits per heavy atom. The van der Waals surface area contributed by atoms with Gasteiger partial charge in [-0.2, -0.15) is 0 Å². The second-order valence-corrected chi connectivity index (χ2v) is 8.19. The predicted molar refractivity (Wildman–Crippen MR) is 39.2 cm³/mol. The van der Waals surface area contributed by atoms with Gasteiger partial charge in [-0.3, -0.25) is 13.2 Å². The van der Waals surface area contributed by atoms with Crippen molar-refractivity contribution in [2.75, 3.05) is 19.6 Å². The minimum atomic E-state index is -2.22. The van der Waals surface area contributed by atoms with Crippen molar-refractivity contribution in [3.63, 3.8) is 0 Å². The molecule has 4 heteroatoms. The monoisotopic (exact) mass is 170 g/mol. The molecule has 0 aliphatic carbocycles. The lowest BCUT2D eigenvalue weighted by molar-refractivity contribution is 0.385. The Balaban J connectivity index is 3.97. The number of alkyl halides is 3. The average Bonchev–Trinajstić information content (AvgIpc) is 1.90. The lowest BCUT2D eigenvalue weighted by atomic mass is 10.5. The summed E-state index contributed by atoms with van der Waals surface area (Å²) in [4.78, 5) is 0. The minimum absolute atomic E-state index is 0.536. The summed E-state index contributed by atoms with van der Waals surface area (Å²) in [5, 5.41) is 0. The molecule has 0 N–H and O–H groups in total. The Morgan fingerprint density at radius 1 is 1.10 bits per heavy atom. The van der Waals surface area contributed by atoms with Gasteiger partial charge in [0.2, 0.25) is 0 Å². The zero-order valence-electron chi connectivity index (χ0n) is 6.33. The molecule has 0 amide bonds. The van der Waals surface area contributed by atoms with Crippen molar-refractivity contribution in [3.8, 4) is 0 Å². The van der Waals surface area contributed by atoms with Gasteiger partial charge in [0.05, 0.1) is 27.7 Å². The van der Waals surface area contributed by atoms with Crippen molar-refractivity contribution in [2.24, 2.45) is 0 Å². The first-order valence-corrected chi connectivity index (χ1v) is 6.54. The summed E-state index contributed by atoms with van der Waals surface area (Å²) >= 11 is 0. The van der Waals surface area contributed by atoms with Crippen LogP contribution in [0.25, 0.3) is 0 Å². The Kier molecular flexibility index (Phi) is 4.01. The fourth-order valence-corrected chi connectivity index (χ4v) is 1.62. The molecule has 0 rings (SSSR count). The third-order valence-corrected chi connectivity index (χ3v) is 5.03. The fraction of sp³-hybridized carbons (Fsp3) is 1.00. The van der Waals surface area contributed by atoms with Gasteiger partial charge >= 0.3 is 0 Å². The Labute approximate surface area is 60.4 Å². The van der Waals surface area contributed by atoms with E-state index in [4.69, 9.17) is 0 Å². The Morgan fingerprint density at radius 2 is 1.50 bits per heavy atom. The van der Waals surface area contributed by atoms with E-state index in [1.54, 1.807) is 13.1 Å². The molecule has 0 atom stereocenters. The lowest BCUT2D eigenvalue weighted by Crippen LogP contribution is -2.37. The van der Waals surface area contributed by atoms with Crippen LogP contribution >= 0.6 is 0 Å². The molecule has 0 unspecified atom stereocenters. The molecule has 0 aromatic rings. The molecular formula is C6H13F3Si. The van der Waals surface area contributed by atoms with Crippen molar-refractivity contribution in [2.45, 2.75) is 18.6 Å². The second-order valence-electron chi connectivity index (χ2n) is 3.13. The fourth-order valence-electron chi connectivity index (χ4n) is 0.568. The van der Waals surface area contributed by atoms with Gasteiger partial charge < -0.3 is 0 Å². The van der Waals surface area contributed by atoms with Gasteiger partial charge in [0.1, 0.15) is 0 Å². The van der Waals surface area contributed by atoms with Gasteiger partial charge in [0, 0.05) is 5.54 Å². The van der Waals surface area contributed by atoms with E-state index in [2.05, 4.69) is 0 Å². The summed E-state index contributed by atoms with van der Waals surface area (Å²) in [7, 11) is -2.22. The predicted octanol–water partition coefficient (Wildman–Crippen LogP) is 2.51. The van der Waals surface area contributed by atoms with Crippen LogP contribution < -0.4 is 0 Å². The molecule has 10 heavy (non-hydrogen) atoms. The van der Waals surface area contributed by atoms with E-state index in [9.17, 15) is 13.2 Å².